The van der Waals surface area contributed by atoms with E-state index in [1.807, 2.05) is 18.2 Å². The smallest absolute Gasteiger partial charge is 0.357 e. The minimum absolute atomic E-state index is 0.0832. The number of aliphatic imine (C=N–C) groups is 1. The molecule has 0 aliphatic rings. The molecule has 0 aliphatic heterocycles. The van der Waals surface area contributed by atoms with E-state index in [1.165, 1.54) is 4.90 Å². The maximum atomic E-state index is 13.2. The molecule has 0 fully saturated rings. The summed E-state index contributed by atoms with van der Waals surface area (Å²) in [4.78, 5) is 22.2. The number of hydrogen-bond donors (Lipinski definition) is 2. The summed E-state index contributed by atoms with van der Waals surface area (Å²) in [6, 6.07) is 8.02. The highest BCUT2D eigenvalue weighted by Gasteiger charge is 2.33. The fourth-order valence-corrected chi connectivity index (χ4v) is 2.70. The summed E-state index contributed by atoms with van der Waals surface area (Å²) in [5.41, 5.74) is -0.368. The van der Waals surface area contributed by atoms with E-state index >= 15 is 0 Å². The highest BCUT2D eigenvalue weighted by Crippen LogP contribution is 2.32. The van der Waals surface area contributed by atoms with Gasteiger partial charge in [-0.3, -0.25) is 9.78 Å². The van der Waals surface area contributed by atoms with Crippen LogP contribution in [0.25, 0.3) is 0 Å². The highest BCUT2D eigenvalue weighted by atomic mass is 19.4. The maximum Gasteiger partial charge on any atom is 0.416 e. The monoisotopic (exact) mass is 439 g/mol. The number of pyridine rings is 1. The number of carbonyl (C=O) groups excluding carboxylic acids is 1. The zero-order valence-corrected chi connectivity index (χ0v) is 17.3. The minimum Gasteiger partial charge on any atom is -0.357 e. The molecule has 2 rings (SSSR count). The van der Waals surface area contributed by atoms with E-state index in [-0.39, 0.29) is 30.5 Å². The lowest BCUT2D eigenvalue weighted by Crippen LogP contribution is -2.44. The van der Waals surface area contributed by atoms with Crippen molar-refractivity contribution >= 4 is 11.9 Å². The second-order valence-electron chi connectivity index (χ2n) is 6.73. The van der Waals surface area contributed by atoms with Crippen molar-refractivity contribution in [2.75, 3.05) is 26.7 Å². The van der Waals surface area contributed by atoms with Gasteiger partial charge in [0, 0.05) is 38.4 Å². The van der Waals surface area contributed by atoms with E-state index in [0.29, 0.717) is 25.6 Å². The average Bonchev–Trinajstić information content (AvgIpc) is 2.74. The van der Waals surface area contributed by atoms with Crippen molar-refractivity contribution < 1.29 is 22.4 Å². The molecule has 0 aliphatic carbocycles. The van der Waals surface area contributed by atoms with E-state index in [0.717, 1.165) is 17.8 Å². The zero-order valence-electron chi connectivity index (χ0n) is 17.3. The average molecular weight is 439 g/mol. The molecule has 2 aromatic rings. The number of hydrogen-bond acceptors (Lipinski definition) is 3. The molecular weight excluding hydrogens is 414 g/mol. The molecular formula is C21H25F4N5O. The van der Waals surface area contributed by atoms with Gasteiger partial charge >= 0.3 is 6.18 Å². The van der Waals surface area contributed by atoms with Crippen molar-refractivity contribution in [1.82, 2.24) is 20.5 Å². The van der Waals surface area contributed by atoms with Crippen molar-refractivity contribution in [2.45, 2.75) is 26.1 Å². The van der Waals surface area contributed by atoms with Gasteiger partial charge in [-0.1, -0.05) is 12.1 Å². The second-order valence-corrected chi connectivity index (χ2v) is 6.73. The van der Waals surface area contributed by atoms with Crippen molar-refractivity contribution in [3.05, 3.63) is 65.2 Å². The molecule has 2 N–H and O–H groups in total. The van der Waals surface area contributed by atoms with E-state index in [4.69, 9.17) is 0 Å². The topological polar surface area (TPSA) is 69.6 Å². The van der Waals surface area contributed by atoms with Crippen LogP contribution < -0.4 is 10.6 Å². The van der Waals surface area contributed by atoms with Gasteiger partial charge < -0.3 is 15.5 Å². The Hall–Kier alpha value is -3.17. The number of rotatable bonds is 8. The first-order valence-electron chi connectivity index (χ1n) is 9.72. The third kappa shape index (κ3) is 7.88. The first-order chi connectivity index (χ1) is 14.7. The Labute approximate surface area is 178 Å². The van der Waals surface area contributed by atoms with Gasteiger partial charge in [0.1, 0.15) is 5.82 Å². The predicted molar refractivity (Wildman–Crippen MR) is 110 cm³/mol. The first kappa shape index (κ1) is 24.1. The Morgan fingerprint density at radius 1 is 1.19 bits per heavy atom. The molecule has 0 atom stereocenters. The number of aromatic nitrogens is 1. The number of alkyl halides is 3. The molecule has 31 heavy (non-hydrogen) atoms. The number of nitrogens with one attached hydrogen (secondary N) is 2. The van der Waals surface area contributed by atoms with Gasteiger partial charge in [0.15, 0.2) is 5.96 Å². The van der Waals surface area contributed by atoms with Crippen LogP contribution in [0.1, 0.15) is 23.7 Å². The van der Waals surface area contributed by atoms with Crippen LogP contribution in [-0.4, -0.2) is 48.4 Å². The van der Waals surface area contributed by atoms with Crippen LogP contribution in [0.3, 0.4) is 0 Å². The predicted octanol–water partition coefficient (Wildman–Crippen LogP) is 3.00. The lowest BCUT2D eigenvalue weighted by atomic mass is 10.1. The molecule has 1 amide bonds. The van der Waals surface area contributed by atoms with Crippen molar-refractivity contribution in [2.24, 2.45) is 4.99 Å². The third-order valence-corrected chi connectivity index (χ3v) is 4.39. The molecule has 6 nitrogen and oxygen atoms in total. The number of halogens is 4. The largest absolute Gasteiger partial charge is 0.416 e. The van der Waals surface area contributed by atoms with Gasteiger partial charge in [-0.05, 0) is 36.8 Å². The maximum absolute atomic E-state index is 13.2. The SMILES string of the molecule is CCNC(=NCc1ccc(F)cc1C(F)(F)F)NCC(=O)N(C)CCc1ccccn1. The quantitative estimate of drug-likeness (QED) is 0.377. The van der Waals surface area contributed by atoms with Crippen molar-refractivity contribution in [3.63, 3.8) is 0 Å². The molecule has 1 heterocycles. The molecule has 0 radical (unpaired) electrons. The summed E-state index contributed by atoms with van der Waals surface area (Å²) in [5, 5.41) is 5.69. The normalized spacial score (nSPS) is 11.9. The van der Waals surface area contributed by atoms with Crippen LogP contribution in [0.15, 0.2) is 47.6 Å². The summed E-state index contributed by atoms with van der Waals surface area (Å²) in [7, 11) is 1.66. The Kier molecular flexibility index (Phi) is 8.77. The number of guanidine groups is 1. The van der Waals surface area contributed by atoms with Crippen LogP contribution in [-0.2, 0) is 23.9 Å². The second kappa shape index (κ2) is 11.3. The van der Waals surface area contributed by atoms with E-state index in [1.54, 1.807) is 20.2 Å². The summed E-state index contributed by atoms with van der Waals surface area (Å²) >= 11 is 0. The molecule has 0 spiro atoms. The summed E-state index contributed by atoms with van der Waals surface area (Å²) in [6.45, 7) is 2.30. The van der Waals surface area contributed by atoms with Crippen LogP contribution in [0.4, 0.5) is 17.6 Å². The van der Waals surface area contributed by atoms with Crippen molar-refractivity contribution in [1.29, 1.82) is 0 Å². The third-order valence-electron chi connectivity index (χ3n) is 4.39. The standard InChI is InChI=1S/C21H25F4N5O/c1-3-26-20(28-13-15-7-8-16(22)12-18(15)21(23,24)25)29-14-19(31)30(2)11-9-17-6-4-5-10-27-17/h4-8,10,12H,3,9,11,13-14H2,1-2H3,(H2,26,28,29). The van der Waals surface area contributed by atoms with Gasteiger partial charge in [0.2, 0.25) is 5.91 Å². The lowest BCUT2D eigenvalue weighted by Gasteiger charge is -2.18. The van der Waals surface area contributed by atoms with Gasteiger partial charge in [0.25, 0.3) is 0 Å². The Bertz CT molecular complexity index is 887. The Morgan fingerprint density at radius 3 is 2.61 bits per heavy atom. The summed E-state index contributed by atoms with van der Waals surface area (Å²) in [6.07, 6.45) is -2.41. The zero-order chi connectivity index (χ0) is 22.9. The fraction of sp³-hybridized carbons (Fsp3) is 0.381. The molecule has 0 bridgehead atoms. The molecule has 1 aromatic carbocycles. The summed E-state index contributed by atoms with van der Waals surface area (Å²) < 4.78 is 52.7. The van der Waals surface area contributed by atoms with E-state index in [2.05, 4.69) is 20.6 Å². The van der Waals surface area contributed by atoms with Crippen LogP contribution in [0.2, 0.25) is 0 Å². The molecule has 10 heteroatoms. The first-order valence-corrected chi connectivity index (χ1v) is 9.72. The van der Waals surface area contributed by atoms with E-state index < -0.39 is 17.6 Å². The fourth-order valence-electron chi connectivity index (χ4n) is 2.70. The van der Waals surface area contributed by atoms with E-state index in [9.17, 15) is 22.4 Å². The van der Waals surface area contributed by atoms with Gasteiger partial charge in [-0.2, -0.15) is 13.2 Å². The molecule has 168 valence electrons. The molecule has 0 saturated heterocycles. The van der Waals surface area contributed by atoms with Crippen LogP contribution in [0, 0.1) is 5.82 Å². The highest BCUT2D eigenvalue weighted by molar-refractivity contribution is 5.86. The number of benzene rings is 1. The van der Waals surface area contributed by atoms with Gasteiger partial charge in [-0.25, -0.2) is 9.38 Å². The van der Waals surface area contributed by atoms with Crippen LogP contribution in [0.5, 0.6) is 0 Å². The molecule has 0 unspecified atom stereocenters. The number of likely N-dealkylation sites (N-methyl/N-ethyl adjacent to an activating group) is 1. The van der Waals surface area contributed by atoms with Crippen LogP contribution >= 0.6 is 0 Å². The number of carbonyl (C=O) groups is 1. The molecule has 0 saturated carbocycles. The number of amides is 1. The minimum atomic E-state index is -4.69. The van der Waals surface area contributed by atoms with Gasteiger partial charge in [0.05, 0.1) is 18.7 Å². The van der Waals surface area contributed by atoms with Gasteiger partial charge in [-0.15, -0.1) is 0 Å². The Morgan fingerprint density at radius 2 is 1.97 bits per heavy atom. The molecule has 1 aromatic heterocycles. The summed E-state index contributed by atoms with van der Waals surface area (Å²) in [5.74, 6) is -0.991. The van der Waals surface area contributed by atoms with Crippen molar-refractivity contribution in [3.8, 4) is 0 Å². The Balaban J connectivity index is 1.96. The lowest BCUT2D eigenvalue weighted by molar-refractivity contribution is -0.138. The number of nitrogens with zero attached hydrogens (tertiary/aromatic N) is 3.